The zero-order valence-electron chi connectivity index (χ0n) is 23.1. The maximum atomic E-state index is 13.7. The number of amides is 3. The topological polar surface area (TPSA) is 177 Å². The molecule has 1 heterocycles. The van der Waals surface area contributed by atoms with Crippen LogP contribution in [-0.2, 0) is 43.2 Å². The smallest absolute Gasteiger partial charge is 0.243 e. The van der Waals surface area contributed by atoms with Gasteiger partial charge in [0.1, 0.15) is 12.1 Å². The van der Waals surface area contributed by atoms with Crippen LogP contribution >= 0.6 is 11.6 Å². The third-order valence-corrected chi connectivity index (χ3v) is 8.57. The summed E-state index contributed by atoms with van der Waals surface area (Å²) in [7, 11) is -4.01. The molecular weight excluding hydrogens is 568 g/mol. The van der Waals surface area contributed by atoms with Crippen molar-refractivity contribution >= 4 is 39.3 Å². The molecule has 3 atom stereocenters. The number of rotatable bonds is 14. The molecule has 3 amide bonds. The molecule has 0 radical (unpaired) electrons. The Morgan fingerprint density at radius 2 is 1.83 bits per heavy atom. The van der Waals surface area contributed by atoms with Crippen molar-refractivity contribution in [2.45, 2.75) is 69.6 Å². The predicted molar refractivity (Wildman–Crippen MR) is 158 cm³/mol. The number of likely N-dealkylation sites (tertiary alicyclic amines) is 1. The lowest BCUT2D eigenvalue weighted by molar-refractivity contribution is -0.140. The fraction of sp³-hybridized carbons (Fsp3) is 0.464. The molecule has 1 aliphatic rings. The van der Waals surface area contributed by atoms with Gasteiger partial charge in [-0.05, 0) is 48.1 Å². The Labute approximate surface area is 246 Å². The van der Waals surface area contributed by atoms with Gasteiger partial charge in [-0.25, -0.2) is 13.1 Å². The van der Waals surface area contributed by atoms with Gasteiger partial charge in [0.15, 0.2) is 0 Å². The zero-order valence-corrected chi connectivity index (χ0v) is 24.7. The van der Waals surface area contributed by atoms with Gasteiger partial charge >= 0.3 is 0 Å². The number of nitrogens with zero attached hydrogens (tertiary/aromatic N) is 1. The number of sulfonamides is 1. The molecule has 13 heteroatoms. The van der Waals surface area contributed by atoms with Gasteiger partial charge in [0, 0.05) is 37.2 Å². The van der Waals surface area contributed by atoms with E-state index in [1.807, 2.05) is 6.92 Å². The van der Waals surface area contributed by atoms with E-state index in [-0.39, 0.29) is 43.9 Å². The first-order valence-electron chi connectivity index (χ1n) is 13.6. The summed E-state index contributed by atoms with van der Waals surface area (Å²) >= 11 is 6.11. The summed E-state index contributed by atoms with van der Waals surface area (Å²) in [5.74, 6) is -1.92. The summed E-state index contributed by atoms with van der Waals surface area (Å²) in [6.45, 7) is 2.75. The van der Waals surface area contributed by atoms with Crippen LogP contribution in [0.5, 0.6) is 0 Å². The highest BCUT2D eigenvalue weighted by molar-refractivity contribution is 7.88. The molecule has 11 nitrogen and oxygen atoms in total. The van der Waals surface area contributed by atoms with Crippen LogP contribution in [0.25, 0.3) is 0 Å². The monoisotopic (exact) mass is 606 g/mol. The van der Waals surface area contributed by atoms with Crippen LogP contribution < -0.4 is 26.8 Å². The number of nitrogens with one attached hydrogen (secondary N) is 3. The molecule has 0 bridgehead atoms. The minimum atomic E-state index is -4.01. The zero-order chi connectivity index (χ0) is 30.0. The Morgan fingerprint density at radius 1 is 1.10 bits per heavy atom. The first kappa shape index (κ1) is 32.5. The van der Waals surface area contributed by atoms with Crippen LogP contribution in [0.4, 0.5) is 0 Å². The Balaban J connectivity index is 1.75. The van der Waals surface area contributed by atoms with E-state index in [0.717, 1.165) is 11.1 Å². The van der Waals surface area contributed by atoms with E-state index in [9.17, 15) is 22.8 Å². The highest BCUT2D eigenvalue weighted by Crippen LogP contribution is 2.21. The fourth-order valence-electron chi connectivity index (χ4n) is 4.64. The lowest BCUT2D eigenvalue weighted by Gasteiger charge is -2.28. The van der Waals surface area contributed by atoms with E-state index in [0.29, 0.717) is 29.8 Å². The average Bonchev–Trinajstić information content (AvgIpc) is 3.44. The number of halogens is 1. The maximum Gasteiger partial charge on any atom is 0.243 e. The van der Waals surface area contributed by atoms with E-state index in [1.165, 1.54) is 4.90 Å². The van der Waals surface area contributed by atoms with Gasteiger partial charge in [-0.1, -0.05) is 54.9 Å². The summed E-state index contributed by atoms with van der Waals surface area (Å²) in [5, 5.41) is 6.02. The van der Waals surface area contributed by atoms with Crippen molar-refractivity contribution < 1.29 is 22.8 Å². The first-order valence-corrected chi connectivity index (χ1v) is 15.7. The third kappa shape index (κ3) is 9.79. The summed E-state index contributed by atoms with van der Waals surface area (Å²) < 4.78 is 28.5. The second-order valence-electron chi connectivity index (χ2n) is 10.1. The fourth-order valence-corrected chi connectivity index (χ4v) is 6.17. The Morgan fingerprint density at radius 3 is 2.51 bits per heavy atom. The van der Waals surface area contributed by atoms with Crippen LogP contribution in [0.3, 0.4) is 0 Å². The Kier molecular flexibility index (Phi) is 12.1. The number of carbonyl (C=O) groups is 3. The maximum absolute atomic E-state index is 13.7. The van der Waals surface area contributed by atoms with Crippen molar-refractivity contribution in [1.29, 1.82) is 0 Å². The average molecular weight is 607 g/mol. The van der Waals surface area contributed by atoms with Gasteiger partial charge in [0.2, 0.25) is 27.7 Å². The van der Waals surface area contributed by atoms with E-state index in [2.05, 4.69) is 15.4 Å². The van der Waals surface area contributed by atoms with Crippen molar-refractivity contribution in [3.05, 3.63) is 70.2 Å². The van der Waals surface area contributed by atoms with Crippen molar-refractivity contribution in [1.82, 2.24) is 20.3 Å². The molecule has 0 spiro atoms. The van der Waals surface area contributed by atoms with Gasteiger partial charge in [0.05, 0.1) is 12.2 Å². The largest absolute Gasteiger partial charge is 0.354 e. The van der Waals surface area contributed by atoms with Gasteiger partial charge < -0.3 is 27.0 Å². The van der Waals surface area contributed by atoms with E-state index < -0.39 is 40.3 Å². The standard InChI is InChI=1S/C28H39ClN6O5S/c1-2-23(31)17-32-26(36)14-24(34-41(39,40)18-19-7-4-3-5-8-19)28(38)35-12-6-9-25(35)27(37)33-16-21-13-22(29)11-10-20(21)15-30/h3-5,7-8,10-11,13,23-25,34H,2,6,9,12,14-18,30-31H2,1H3,(H,32,36)(H,33,37)/t23-,24?,25-/m0/s1. The highest BCUT2D eigenvalue weighted by Gasteiger charge is 2.39. The van der Waals surface area contributed by atoms with E-state index >= 15 is 0 Å². The molecule has 7 N–H and O–H groups in total. The van der Waals surface area contributed by atoms with E-state index in [1.54, 1.807) is 48.5 Å². The Hall–Kier alpha value is -3.03. The molecule has 1 saturated heterocycles. The van der Waals surface area contributed by atoms with Crippen LogP contribution in [0, 0.1) is 0 Å². The summed E-state index contributed by atoms with van der Waals surface area (Å²) in [4.78, 5) is 41.0. The van der Waals surface area contributed by atoms with Crippen molar-refractivity contribution in [3.8, 4) is 0 Å². The van der Waals surface area contributed by atoms with Gasteiger partial charge in [-0.3, -0.25) is 14.4 Å². The number of nitrogens with two attached hydrogens (primary N) is 2. The van der Waals surface area contributed by atoms with Gasteiger partial charge in [0.25, 0.3) is 0 Å². The molecule has 3 rings (SSSR count). The summed E-state index contributed by atoms with van der Waals surface area (Å²) in [6, 6.07) is 11.3. The van der Waals surface area contributed by atoms with Crippen LogP contribution in [0.2, 0.25) is 5.02 Å². The quantitative estimate of drug-likeness (QED) is 0.214. The number of benzene rings is 2. The third-order valence-electron chi connectivity index (χ3n) is 6.97. The van der Waals surface area contributed by atoms with Crippen molar-refractivity contribution in [3.63, 3.8) is 0 Å². The predicted octanol–water partition coefficient (Wildman–Crippen LogP) is 1.14. The number of hydrogen-bond donors (Lipinski definition) is 5. The molecular formula is C28H39ClN6O5S. The second kappa shape index (κ2) is 15.3. The van der Waals surface area contributed by atoms with Crippen molar-refractivity contribution in [2.75, 3.05) is 13.1 Å². The molecule has 1 fully saturated rings. The Bertz CT molecular complexity index is 1310. The first-order chi connectivity index (χ1) is 19.5. The van der Waals surface area contributed by atoms with Crippen LogP contribution in [-0.4, -0.2) is 62.3 Å². The lowest BCUT2D eigenvalue weighted by atomic mass is 10.1. The molecule has 2 aromatic rings. The normalized spacial score (nSPS) is 16.7. The minimum Gasteiger partial charge on any atom is -0.354 e. The number of carbonyl (C=O) groups excluding carboxylic acids is 3. The molecule has 1 aliphatic heterocycles. The molecule has 1 unspecified atom stereocenters. The highest BCUT2D eigenvalue weighted by atomic mass is 35.5. The lowest BCUT2D eigenvalue weighted by Crippen LogP contribution is -2.54. The summed E-state index contributed by atoms with van der Waals surface area (Å²) in [6.07, 6.45) is 1.16. The SMILES string of the molecule is CC[C@H](N)CNC(=O)CC(NS(=O)(=O)Cc1ccccc1)C(=O)N1CCC[C@H]1C(=O)NCc1cc(Cl)ccc1CN. The minimum absolute atomic E-state index is 0.164. The van der Waals surface area contributed by atoms with Crippen molar-refractivity contribution in [2.24, 2.45) is 11.5 Å². The molecule has 2 aromatic carbocycles. The molecule has 0 aliphatic carbocycles. The van der Waals surface area contributed by atoms with Gasteiger partial charge in [-0.15, -0.1) is 0 Å². The van der Waals surface area contributed by atoms with Gasteiger partial charge in [-0.2, -0.15) is 0 Å². The second-order valence-corrected chi connectivity index (χ2v) is 12.3. The summed E-state index contributed by atoms with van der Waals surface area (Å²) in [5.41, 5.74) is 13.8. The molecule has 224 valence electrons. The molecule has 0 aromatic heterocycles. The van der Waals surface area contributed by atoms with Crippen LogP contribution in [0.1, 0.15) is 49.3 Å². The van der Waals surface area contributed by atoms with E-state index in [4.69, 9.17) is 23.1 Å². The molecule has 41 heavy (non-hydrogen) atoms. The molecule has 0 saturated carbocycles. The van der Waals surface area contributed by atoms with Crippen LogP contribution in [0.15, 0.2) is 48.5 Å². The number of hydrogen-bond acceptors (Lipinski definition) is 7.